The van der Waals surface area contributed by atoms with E-state index < -0.39 is 0 Å². The molecule has 0 aliphatic carbocycles. The van der Waals surface area contributed by atoms with Crippen LogP contribution in [0.4, 0.5) is 5.69 Å². The topological polar surface area (TPSA) is 99.0 Å². The van der Waals surface area contributed by atoms with Gasteiger partial charge >= 0.3 is 0 Å². The SMILES string of the molecule is CCOc1ccc(NC(=O)Cn2cnc3nc(SCC)ncc3c2=O)cc1. The van der Waals surface area contributed by atoms with Gasteiger partial charge in [0.2, 0.25) is 5.91 Å². The molecule has 1 amide bonds. The van der Waals surface area contributed by atoms with E-state index in [9.17, 15) is 9.59 Å². The summed E-state index contributed by atoms with van der Waals surface area (Å²) in [5.74, 6) is 1.22. The van der Waals surface area contributed by atoms with Gasteiger partial charge in [-0.05, 0) is 36.9 Å². The number of benzene rings is 1. The Balaban J connectivity index is 1.73. The molecule has 0 unspecified atom stereocenters. The monoisotopic (exact) mass is 385 g/mol. The van der Waals surface area contributed by atoms with Gasteiger partial charge < -0.3 is 10.1 Å². The number of hydrogen-bond donors (Lipinski definition) is 1. The largest absolute Gasteiger partial charge is 0.494 e. The van der Waals surface area contributed by atoms with Gasteiger partial charge in [-0.25, -0.2) is 15.0 Å². The van der Waals surface area contributed by atoms with Crippen molar-refractivity contribution in [1.82, 2.24) is 19.5 Å². The number of nitrogens with one attached hydrogen (secondary N) is 1. The molecule has 1 aromatic carbocycles. The van der Waals surface area contributed by atoms with Crippen LogP contribution in [-0.2, 0) is 11.3 Å². The third-order valence-electron chi connectivity index (χ3n) is 3.59. The van der Waals surface area contributed by atoms with Crippen molar-refractivity contribution in [3.8, 4) is 5.75 Å². The van der Waals surface area contributed by atoms with Crippen molar-refractivity contribution in [3.05, 3.63) is 47.1 Å². The third kappa shape index (κ3) is 4.62. The van der Waals surface area contributed by atoms with Crippen LogP contribution in [0.1, 0.15) is 13.8 Å². The van der Waals surface area contributed by atoms with E-state index in [1.807, 2.05) is 13.8 Å². The molecule has 0 spiro atoms. The smallest absolute Gasteiger partial charge is 0.264 e. The summed E-state index contributed by atoms with van der Waals surface area (Å²) in [6.45, 7) is 4.32. The third-order valence-corrected chi connectivity index (χ3v) is 4.34. The Hall–Kier alpha value is -2.94. The fraction of sp³-hybridized carbons (Fsp3) is 0.278. The first-order valence-corrected chi connectivity index (χ1v) is 9.47. The summed E-state index contributed by atoms with van der Waals surface area (Å²) in [7, 11) is 0. The minimum atomic E-state index is -0.352. The summed E-state index contributed by atoms with van der Waals surface area (Å²) in [6.07, 6.45) is 2.78. The normalized spacial score (nSPS) is 10.7. The van der Waals surface area contributed by atoms with Crippen LogP contribution in [0.2, 0.25) is 0 Å². The Morgan fingerprint density at radius 2 is 2.00 bits per heavy atom. The van der Waals surface area contributed by atoms with Crippen LogP contribution in [0.15, 0.2) is 46.7 Å². The van der Waals surface area contributed by atoms with E-state index in [1.54, 1.807) is 24.3 Å². The van der Waals surface area contributed by atoms with Gasteiger partial charge in [-0.1, -0.05) is 18.7 Å². The number of carbonyl (C=O) groups excluding carboxylic acids is 1. The van der Waals surface area contributed by atoms with Gasteiger partial charge in [0.1, 0.15) is 24.0 Å². The number of carbonyl (C=O) groups is 1. The Morgan fingerprint density at radius 3 is 2.70 bits per heavy atom. The predicted octanol–water partition coefficient (Wildman–Crippen LogP) is 2.34. The molecule has 8 nitrogen and oxygen atoms in total. The summed E-state index contributed by atoms with van der Waals surface area (Å²) in [6, 6.07) is 7.02. The van der Waals surface area contributed by atoms with Gasteiger partial charge in [0, 0.05) is 11.9 Å². The molecule has 0 saturated heterocycles. The van der Waals surface area contributed by atoms with Crippen LogP contribution < -0.4 is 15.6 Å². The molecule has 1 N–H and O–H groups in total. The molecule has 3 rings (SSSR count). The zero-order valence-electron chi connectivity index (χ0n) is 15.0. The van der Waals surface area contributed by atoms with Crippen molar-refractivity contribution in [2.45, 2.75) is 25.5 Å². The predicted molar refractivity (Wildman–Crippen MR) is 104 cm³/mol. The van der Waals surface area contributed by atoms with Crippen LogP contribution in [0, 0.1) is 0 Å². The summed E-state index contributed by atoms with van der Waals surface area (Å²) in [5, 5.41) is 3.60. The first-order chi connectivity index (χ1) is 13.1. The molecule has 0 aliphatic heterocycles. The van der Waals surface area contributed by atoms with E-state index in [-0.39, 0.29) is 23.4 Å². The second-order valence-electron chi connectivity index (χ2n) is 5.51. The van der Waals surface area contributed by atoms with Crippen LogP contribution in [0.3, 0.4) is 0 Å². The maximum atomic E-state index is 12.5. The second-order valence-corrected chi connectivity index (χ2v) is 6.74. The van der Waals surface area contributed by atoms with E-state index in [2.05, 4.69) is 20.3 Å². The highest BCUT2D eigenvalue weighted by molar-refractivity contribution is 7.99. The van der Waals surface area contributed by atoms with Crippen molar-refractivity contribution < 1.29 is 9.53 Å². The maximum Gasteiger partial charge on any atom is 0.264 e. The van der Waals surface area contributed by atoms with Crippen molar-refractivity contribution in [2.75, 3.05) is 17.7 Å². The molecule has 0 saturated carbocycles. The minimum Gasteiger partial charge on any atom is -0.494 e. The lowest BCUT2D eigenvalue weighted by molar-refractivity contribution is -0.116. The fourth-order valence-corrected chi connectivity index (χ4v) is 2.94. The number of amides is 1. The van der Waals surface area contributed by atoms with Gasteiger partial charge in [-0.3, -0.25) is 14.2 Å². The number of fused-ring (bicyclic) bond motifs is 1. The molecular formula is C18H19N5O3S. The second kappa shape index (κ2) is 8.63. The summed E-state index contributed by atoms with van der Waals surface area (Å²) in [4.78, 5) is 37.4. The molecule has 0 fully saturated rings. The van der Waals surface area contributed by atoms with Crippen LogP contribution in [0.5, 0.6) is 5.75 Å². The molecule has 9 heteroatoms. The molecule has 140 valence electrons. The number of nitrogens with zero attached hydrogens (tertiary/aromatic N) is 4. The van der Waals surface area contributed by atoms with Crippen LogP contribution in [0.25, 0.3) is 11.0 Å². The number of aromatic nitrogens is 4. The minimum absolute atomic E-state index is 0.152. The number of ether oxygens (including phenoxy) is 1. The van der Waals surface area contributed by atoms with Crippen molar-refractivity contribution in [1.29, 1.82) is 0 Å². The van der Waals surface area contributed by atoms with Gasteiger partial charge in [0.05, 0.1) is 6.61 Å². The fourth-order valence-electron chi connectivity index (χ4n) is 2.41. The van der Waals surface area contributed by atoms with Crippen LogP contribution in [-0.4, -0.2) is 37.8 Å². The first-order valence-electron chi connectivity index (χ1n) is 8.48. The average Bonchev–Trinajstić information content (AvgIpc) is 2.66. The van der Waals surface area contributed by atoms with Crippen molar-refractivity contribution in [3.63, 3.8) is 0 Å². The first kappa shape index (κ1) is 18.8. The molecule has 3 aromatic rings. The van der Waals surface area contributed by atoms with Gasteiger partial charge in [0.15, 0.2) is 10.8 Å². The standard InChI is InChI=1S/C18H19N5O3S/c1-3-26-13-7-5-12(6-8-13)21-15(24)10-23-11-20-16-14(17(23)25)9-19-18(22-16)27-4-2/h5-9,11H,3-4,10H2,1-2H3,(H,21,24). The number of thioether (sulfide) groups is 1. The van der Waals surface area contributed by atoms with Gasteiger partial charge in [-0.15, -0.1) is 0 Å². The van der Waals surface area contributed by atoms with E-state index in [4.69, 9.17) is 4.74 Å². The van der Waals surface area contributed by atoms with E-state index in [1.165, 1.54) is 28.9 Å². The van der Waals surface area contributed by atoms with Crippen molar-refractivity contribution in [2.24, 2.45) is 0 Å². The van der Waals surface area contributed by atoms with E-state index in [0.717, 1.165) is 11.5 Å². The average molecular weight is 385 g/mol. The highest BCUT2D eigenvalue weighted by Crippen LogP contribution is 2.16. The Kier molecular flexibility index (Phi) is 6.02. The molecule has 0 radical (unpaired) electrons. The summed E-state index contributed by atoms with van der Waals surface area (Å²) in [5.41, 5.74) is 0.596. The molecule has 0 bridgehead atoms. The van der Waals surface area contributed by atoms with E-state index >= 15 is 0 Å². The highest BCUT2D eigenvalue weighted by atomic mass is 32.2. The number of anilines is 1. The zero-order valence-corrected chi connectivity index (χ0v) is 15.8. The Morgan fingerprint density at radius 1 is 1.22 bits per heavy atom. The van der Waals surface area contributed by atoms with Gasteiger partial charge in [-0.2, -0.15) is 0 Å². The molecule has 0 atom stereocenters. The Bertz CT molecular complexity index is 1000. The summed E-state index contributed by atoms with van der Waals surface area (Å²) < 4.78 is 6.60. The van der Waals surface area contributed by atoms with Crippen molar-refractivity contribution >= 4 is 34.4 Å². The maximum absolute atomic E-state index is 12.5. The van der Waals surface area contributed by atoms with Crippen LogP contribution >= 0.6 is 11.8 Å². The lowest BCUT2D eigenvalue weighted by Crippen LogP contribution is -2.28. The molecule has 27 heavy (non-hydrogen) atoms. The van der Waals surface area contributed by atoms with E-state index in [0.29, 0.717) is 23.1 Å². The quantitative estimate of drug-likeness (QED) is 0.492. The number of rotatable bonds is 7. The molecular weight excluding hydrogens is 366 g/mol. The lowest BCUT2D eigenvalue weighted by Gasteiger charge is -2.09. The molecule has 0 aliphatic rings. The lowest BCUT2D eigenvalue weighted by atomic mass is 10.3. The molecule has 2 aromatic heterocycles. The summed E-state index contributed by atoms with van der Waals surface area (Å²) >= 11 is 1.47. The Labute approximate surface area is 160 Å². The highest BCUT2D eigenvalue weighted by Gasteiger charge is 2.11. The number of hydrogen-bond acceptors (Lipinski definition) is 7. The van der Waals surface area contributed by atoms with Gasteiger partial charge in [0.25, 0.3) is 5.56 Å². The molecule has 2 heterocycles. The zero-order chi connectivity index (χ0) is 19.2.